The number of ether oxygens (including phenoxy) is 2. The Kier molecular flexibility index (Phi) is 4.59. The van der Waals surface area contributed by atoms with E-state index in [1.807, 2.05) is 0 Å². The highest BCUT2D eigenvalue weighted by Crippen LogP contribution is 2.23. The average molecular weight is 377 g/mol. The lowest BCUT2D eigenvalue weighted by Crippen LogP contribution is -2.25. The van der Waals surface area contributed by atoms with Gasteiger partial charge in [-0.1, -0.05) is 0 Å². The highest BCUT2D eigenvalue weighted by atomic mass is 127. The van der Waals surface area contributed by atoms with E-state index in [4.69, 9.17) is 0 Å². The fourth-order valence-corrected chi connectivity index (χ4v) is 1.50. The third-order valence-electron chi connectivity index (χ3n) is 1.84. The van der Waals surface area contributed by atoms with Crippen molar-refractivity contribution >= 4 is 28.6 Å². The lowest BCUT2D eigenvalue weighted by molar-refractivity contribution is -0.275. The molecule has 0 saturated heterocycles. The lowest BCUT2D eigenvalue weighted by atomic mass is 10.2. The van der Waals surface area contributed by atoms with E-state index in [2.05, 4.69) is 14.5 Å². The van der Waals surface area contributed by atoms with Crippen LogP contribution in [-0.2, 0) is 16.0 Å². The van der Waals surface area contributed by atoms with E-state index in [9.17, 15) is 22.8 Å². The van der Waals surface area contributed by atoms with Crippen LogP contribution in [-0.4, -0.2) is 24.4 Å². The second-order valence-electron chi connectivity index (χ2n) is 3.07. The predicted octanol–water partition coefficient (Wildman–Crippen LogP) is 1.59. The number of carbonyl (C=O) groups is 1. The average Bonchev–Trinajstić information content (AvgIpc) is 2.27. The molecule has 18 heavy (non-hydrogen) atoms. The number of hydrogen-bond donors (Lipinski definition) is 1. The minimum absolute atomic E-state index is 0.0143. The maximum absolute atomic E-state index is 12.2. The maximum atomic E-state index is 12.2. The van der Waals surface area contributed by atoms with Crippen molar-refractivity contribution in [3.05, 3.63) is 25.7 Å². The summed E-state index contributed by atoms with van der Waals surface area (Å²) in [7, 11) is 1.08. The summed E-state index contributed by atoms with van der Waals surface area (Å²) in [6, 6.07) is 0. The Labute approximate surface area is 112 Å². The number of methoxy groups -OCH3 is 1. The van der Waals surface area contributed by atoms with Crippen LogP contribution in [0.2, 0.25) is 0 Å². The van der Waals surface area contributed by atoms with Crippen LogP contribution in [0.25, 0.3) is 0 Å². The van der Waals surface area contributed by atoms with Crippen molar-refractivity contribution in [1.82, 2.24) is 4.98 Å². The van der Waals surface area contributed by atoms with Gasteiger partial charge >= 0.3 is 12.3 Å². The zero-order valence-corrected chi connectivity index (χ0v) is 11.1. The van der Waals surface area contributed by atoms with Gasteiger partial charge in [0.1, 0.15) is 0 Å². The molecule has 1 aromatic heterocycles. The summed E-state index contributed by atoms with van der Waals surface area (Å²) in [4.78, 5) is 24.9. The fourth-order valence-electron chi connectivity index (χ4n) is 1.10. The highest BCUT2D eigenvalue weighted by molar-refractivity contribution is 14.1. The van der Waals surface area contributed by atoms with Crippen molar-refractivity contribution in [1.29, 1.82) is 0 Å². The zero-order chi connectivity index (χ0) is 13.9. The summed E-state index contributed by atoms with van der Waals surface area (Å²) in [6.07, 6.45) is -4.35. The molecule has 0 aliphatic heterocycles. The van der Waals surface area contributed by atoms with Gasteiger partial charge in [-0.3, -0.25) is 9.59 Å². The Morgan fingerprint density at radius 3 is 2.61 bits per heavy atom. The molecule has 1 N–H and O–H groups in total. The van der Waals surface area contributed by atoms with E-state index in [1.54, 1.807) is 22.6 Å². The number of rotatable bonds is 3. The Hall–Kier alpha value is -1.26. The number of H-pyrrole nitrogens is 1. The Bertz CT molecular complexity index is 512. The lowest BCUT2D eigenvalue weighted by Gasteiger charge is -2.12. The number of pyridine rings is 1. The number of aromatic amines is 1. The van der Waals surface area contributed by atoms with Gasteiger partial charge in [0.25, 0.3) is 0 Å². The molecule has 0 aliphatic rings. The molecule has 0 fully saturated rings. The fraction of sp³-hybridized carbons (Fsp3) is 0.333. The Balaban J connectivity index is 3.21. The van der Waals surface area contributed by atoms with Crippen LogP contribution < -0.4 is 10.2 Å². The van der Waals surface area contributed by atoms with Crippen LogP contribution in [0.3, 0.4) is 0 Å². The van der Waals surface area contributed by atoms with Crippen LogP contribution >= 0.6 is 22.6 Å². The van der Waals surface area contributed by atoms with Crippen molar-refractivity contribution in [3.8, 4) is 5.75 Å². The largest absolute Gasteiger partial charge is 0.573 e. The summed E-state index contributed by atoms with van der Waals surface area (Å²) in [5.41, 5.74) is -1.23. The highest BCUT2D eigenvalue weighted by Gasteiger charge is 2.34. The first-order chi connectivity index (χ1) is 8.24. The molecule has 9 heteroatoms. The molecule has 0 aromatic carbocycles. The number of halogens is 4. The second kappa shape index (κ2) is 5.59. The molecule has 0 unspecified atom stereocenters. The molecule has 100 valence electrons. The van der Waals surface area contributed by atoms with Crippen molar-refractivity contribution < 1.29 is 27.4 Å². The van der Waals surface area contributed by atoms with Gasteiger partial charge in [0.05, 0.1) is 22.8 Å². The third kappa shape index (κ3) is 3.89. The second-order valence-corrected chi connectivity index (χ2v) is 4.24. The van der Waals surface area contributed by atoms with Crippen LogP contribution in [0.1, 0.15) is 5.69 Å². The number of alkyl halides is 3. The molecule has 1 rings (SSSR count). The molecular weight excluding hydrogens is 370 g/mol. The first-order valence-corrected chi connectivity index (χ1v) is 5.55. The molecule has 0 atom stereocenters. The first kappa shape index (κ1) is 14.8. The Morgan fingerprint density at radius 1 is 1.50 bits per heavy atom. The first-order valence-electron chi connectivity index (χ1n) is 4.47. The number of aromatic nitrogens is 1. The van der Waals surface area contributed by atoms with E-state index < -0.39 is 29.9 Å². The van der Waals surface area contributed by atoms with Gasteiger partial charge in [0.2, 0.25) is 5.43 Å². The molecule has 1 heterocycles. The summed E-state index contributed by atoms with van der Waals surface area (Å²) in [5.74, 6) is -1.74. The Morgan fingerprint density at radius 2 is 2.11 bits per heavy atom. The summed E-state index contributed by atoms with van der Waals surface area (Å²) in [6.45, 7) is 0. The molecule has 0 spiro atoms. The van der Waals surface area contributed by atoms with E-state index in [-0.39, 0.29) is 9.26 Å². The quantitative estimate of drug-likeness (QED) is 0.642. The van der Waals surface area contributed by atoms with Gasteiger partial charge < -0.3 is 14.5 Å². The number of nitrogens with one attached hydrogen (secondary N) is 1. The number of esters is 1. The topological polar surface area (TPSA) is 68.4 Å². The van der Waals surface area contributed by atoms with E-state index >= 15 is 0 Å². The van der Waals surface area contributed by atoms with Crippen LogP contribution in [0, 0.1) is 3.57 Å². The van der Waals surface area contributed by atoms with Crippen molar-refractivity contribution in [2.45, 2.75) is 12.8 Å². The molecule has 5 nitrogen and oxygen atoms in total. The van der Waals surface area contributed by atoms with E-state index in [0.717, 1.165) is 7.11 Å². The SMILES string of the molecule is COC(=O)Cc1[nH]cc(I)c(=O)c1OC(F)(F)F. The van der Waals surface area contributed by atoms with Gasteiger partial charge in [-0.05, 0) is 22.6 Å². The molecule has 0 bridgehead atoms. The smallest absolute Gasteiger partial charge is 0.469 e. The molecule has 0 aliphatic carbocycles. The standard InChI is InChI=1S/C9H7F3INO4/c1-17-6(15)2-5-8(18-9(10,11)12)7(16)4(13)3-14-5/h3H,2H2,1H3,(H,14,16). The number of carbonyl (C=O) groups excluding carboxylic acids is 1. The molecule has 0 saturated carbocycles. The summed E-state index contributed by atoms with van der Waals surface area (Å²) >= 11 is 1.55. The van der Waals surface area contributed by atoms with Crippen LogP contribution in [0.4, 0.5) is 13.2 Å². The van der Waals surface area contributed by atoms with Gasteiger partial charge in [0, 0.05) is 6.20 Å². The van der Waals surface area contributed by atoms with Gasteiger partial charge in [-0.15, -0.1) is 13.2 Å². The minimum Gasteiger partial charge on any atom is -0.469 e. The van der Waals surface area contributed by atoms with Gasteiger partial charge in [-0.25, -0.2) is 0 Å². The third-order valence-corrected chi connectivity index (χ3v) is 2.64. The van der Waals surface area contributed by atoms with Crippen molar-refractivity contribution in [2.75, 3.05) is 7.11 Å². The molecule has 1 aromatic rings. The zero-order valence-electron chi connectivity index (χ0n) is 8.93. The number of hydrogen-bond acceptors (Lipinski definition) is 4. The van der Waals surface area contributed by atoms with Gasteiger partial charge in [0.15, 0.2) is 5.75 Å². The summed E-state index contributed by atoms with van der Waals surface area (Å²) < 4.78 is 44.4. The summed E-state index contributed by atoms with van der Waals surface area (Å²) in [5, 5.41) is 0. The van der Waals surface area contributed by atoms with E-state index in [0.29, 0.717) is 0 Å². The maximum Gasteiger partial charge on any atom is 0.573 e. The monoisotopic (exact) mass is 377 g/mol. The van der Waals surface area contributed by atoms with Crippen LogP contribution in [0.5, 0.6) is 5.75 Å². The normalized spacial score (nSPS) is 11.2. The molecular formula is C9H7F3INO4. The van der Waals surface area contributed by atoms with E-state index in [1.165, 1.54) is 6.20 Å². The van der Waals surface area contributed by atoms with Gasteiger partial charge in [-0.2, -0.15) is 0 Å². The predicted molar refractivity (Wildman–Crippen MR) is 62.2 cm³/mol. The van der Waals surface area contributed by atoms with Crippen molar-refractivity contribution in [2.24, 2.45) is 0 Å². The van der Waals surface area contributed by atoms with Crippen molar-refractivity contribution in [3.63, 3.8) is 0 Å². The minimum atomic E-state index is -5.01. The molecule has 0 amide bonds. The van der Waals surface area contributed by atoms with Crippen LogP contribution in [0.15, 0.2) is 11.0 Å². The molecule has 0 radical (unpaired) electrons.